The van der Waals surface area contributed by atoms with Gasteiger partial charge in [-0.1, -0.05) is 29.3 Å². The molecule has 0 aliphatic rings. The highest BCUT2D eigenvalue weighted by atomic mass is 35.5. The standard InChI is InChI=1S/C11H10Cl2N4O2/c1-2-19-11-15-10(16-17-11)14-9(18)8-6(12)4-3-5-7(8)13/h3-5H,2H2,1H3,(H2,14,15,16,17,18). The molecule has 0 aliphatic heterocycles. The third kappa shape index (κ3) is 3.15. The molecule has 1 heterocycles. The molecule has 1 aromatic carbocycles. The maximum Gasteiger partial charge on any atom is 0.337 e. The van der Waals surface area contributed by atoms with E-state index in [1.165, 1.54) is 0 Å². The van der Waals surface area contributed by atoms with E-state index in [0.717, 1.165) is 0 Å². The van der Waals surface area contributed by atoms with Gasteiger partial charge in [0.15, 0.2) is 0 Å². The van der Waals surface area contributed by atoms with Crippen LogP contribution < -0.4 is 10.1 Å². The molecular formula is C11H10Cl2N4O2. The molecule has 2 N–H and O–H groups in total. The third-order valence-corrected chi connectivity index (χ3v) is 2.79. The van der Waals surface area contributed by atoms with Gasteiger partial charge in [-0.3, -0.25) is 10.1 Å². The Morgan fingerprint density at radius 2 is 2.11 bits per heavy atom. The molecule has 2 rings (SSSR count). The molecule has 0 spiro atoms. The highest BCUT2D eigenvalue weighted by Gasteiger charge is 2.16. The molecule has 0 bridgehead atoms. The molecular weight excluding hydrogens is 291 g/mol. The number of anilines is 1. The minimum atomic E-state index is -0.477. The quantitative estimate of drug-likeness (QED) is 0.910. The van der Waals surface area contributed by atoms with Crippen LogP contribution in [0.2, 0.25) is 10.0 Å². The van der Waals surface area contributed by atoms with Crippen LogP contribution in [0, 0.1) is 0 Å². The summed E-state index contributed by atoms with van der Waals surface area (Å²) in [5, 5.41) is 9.30. The Balaban J connectivity index is 2.16. The van der Waals surface area contributed by atoms with Gasteiger partial charge in [0, 0.05) is 0 Å². The maximum absolute atomic E-state index is 12.0. The molecule has 1 amide bonds. The van der Waals surface area contributed by atoms with Crippen molar-refractivity contribution in [2.24, 2.45) is 0 Å². The van der Waals surface area contributed by atoms with Crippen LogP contribution in [0.25, 0.3) is 0 Å². The Morgan fingerprint density at radius 3 is 2.74 bits per heavy atom. The van der Waals surface area contributed by atoms with Gasteiger partial charge >= 0.3 is 6.01 Å². The number of carbonyl (C=O) groups is 1. The molecule has 1 aromatic heterocycles. The van der Waals surface area contributed by atoms with Crippen molar-refractivity contribution in [2.45, 2.75) is 6.92 Å². The molecule has 19 heavy (non-hydrogen) atoms. The number of carbonyl (C=O) groups excluding carboxylic acids is 1. The molecule has 2 aromatic rings. The topological polar surface area (TPSA) is 79.9 Å². The van der Waals surface area contributed by atoms with Crippen LogP contribution in [-0.4, -0.2) is 27.7 Å². The number of ether oxygens (including phenoxy) is 1. The van der Waals surface area contributed by atoms with Crippen molar-refractivity contribution in [3.8, 4) is 6.01 Å². The van der Waals surface area contributed by atoms with Gasteiger partial charge in [-0.05, 0) is 19.1 Å². The van der Waals surface area contributed by atoms with Crippen LogP contribution in [-0.2, 0) is 0 Å². The van der Waals surface area contributed by atoms with E-state index in [-0.39, 0.29) is 27.6 Å². The fourth-order valence-corrected chi connectivity index (χ4v) is 1.95. The number of hydrogen-bond acceptors (Lipinski definition) is 4. The lowest BCUT2D eigenvalue weighted by Crippen LogP contribution is -2.14. The second kappa shape index (κ2) is 5.90. The van der Waals surface area contributed by atoms with E-state index in [1.807, 2.05) is 0 Å². The van der Waals surface area contributed by atoms with Crippen LogP contribution in [0.5, 0.6) is 6.01 Å². The average Bonchev–Trinajstić information content (AvgIpc) is 2.77. The number of aromatic nitrogens is 3. The minimum Gasteiger partial charge on any atom is -0.463 e. The van der Waals surface area contributed by atoms with Gasteiger partial charge in [-0.25, -0.2) is 5.10 Å². The van der Waals surface area contributed by atoms with Gasteiger partial charge in [-0.2, -0.15) is 4.98 Å². The first-order chi connectivity index (χ1) is 9.11. The van der Waals surface area contributed by atoms with E-state index >= 15 is 0 Å². The summed E-state index contributed by atoms with van der Waals surface area (Å²) in [6.07, 6.45) is 0. The van der Waals surface area contributed by atoms with Crippen molar-refractivity contribution >= 4 is 35.1 Å². The average molecular weight is 301 g/mol. The lowest BCUT2D eigenvalue weighted by Gasteiger charge is -2.05. The molecule has 100 valence electrons. The maximum atomic E-state index is 12.0. The highest BCUT2D eigenvalue weighted by Crippen LogP contribution is 2.24. The predicted molar refractivity (Wildman–Crippen MR) is 72.0 cm³/mol. The fourth-order valence-electron chi connectivity index (χ4n) is 1.38. The zero-order valence-corrected chi connectivity index (χ0v) is 11.4. The van der Waals surface area contributed by atoms with Crippen molar-refractivity contribution in [2.75, 3.05) is 11.9 Å². The second-order valence-electron chi connectivity index (χ2n) is 3.45. The Labute approximate surface area is 119 Å². The molecule has 6 nitrogen and oxygen atoms in total. The van der Waals surface area contributed by atoms with Gasteiger partial charge in [0.05, 0.1) is 22.2 Å². The third-order valence-electron chi connectivity index (χ3n) is 2.16. The summed E-state index contributed by atoms with van der Waals surface area (Å²) in [5.74, 6) is -0.320. The van der Waals surface area contributed by atoms with E-state index in [9.17, 15) is 4.79 Å². The van der Waals surface area contributed by atoms with Crippen LogP contribution in [0.1, 0.15) is 17.3 Å². The van der Waals surface area contributed by atoms with Crippen molar-refractivity contribution in [3.05, 3.63) is 33.8 Å². The summed E-state index contributed by atoms with van der Waals surface area (Å²) in [4.78, 5) is 15.9. The largest absolute Gasteiger partial charge is 0.463 e. The van der Waals surface area contributed by atoms with Gasteiger partial charge in [0.2, 0.25) is 5.95 Å². The van der Waals surface area contributed by atoms with E-state index < -0.39 is 5.91 Å². The number of nitrogens with zero attached hydrogens (tertiary/aromatic N) is 2. The SMILES string of the molecule is CCOc1n[nH]c(NC(=O)c2c(Cl)cccc2Cl)n1. The summed E-state index contributed by atoms with van der Waals surface area (Å²) in [7, 11) is 0. The number of rotatable bonds is 4. The summed E-state index contributed by atoms with van der Waals surface area (Å²) >= 11 is 11.9. The molecule has 8 heteroatoms. The van der Waals surface area contributed by atoms with Crippen LogP contribution >= 0.6 is 23.2 Å². The van der Waals surface area contributed by atoms with Crippen molar-refractivity contribution in [3.63, 3.8) is 0 Å². The molecule has 0 fully saturated rings. The molecule has 0 atom stereocenters. The molecule has 0 saturated carbocycles. The summed E-state index contributed by atoms with van der Waals surface area (Å²) in [6.45, 7) is 2.24. The fraction of sp³-hybridized carbons (Fsp3) is 0.182. The smallest absolute Gasteiger partial charge is 0.337 e. The Morgan fingerprint density at radius 1 is 1.42 bits per heavy atom. The van der Waals surface area contributed by atoms with Gasteiger partial charge < -0.3 is 4.74 Å². The zero-order valence-electron chi connectivity index (χ0n) is 9.91. The number of benzene rings is 1. The molecule has 0 radical (unpaired) electrons. The number of aromatic amines is 1. The Bertz CT molecular complexity index is 580. The summed E-state index contributed by atoms with van der Waals surface area (Å²) in [5.41, 5.74) is 0.181. The lowest BCUT2D eigenvalue weighted by molar-refractivity contribution is 0.102. The summed E-state index contributed by atoms with van der Waals surface area (Å²) in [6, 6.07) is 4.97. The number of H-pyrrole nitrogens is 1. The van der Waals surface area contributed by atoms with Gasteiger partial charge in [-0.15, -0.1) is 5.10 Å². The van der Waals surface area contributed by atoms with Crippen molar-refractivity contribution in [1.29, 1.82) is 0 Å². The van der Waals surface area contributed by atoms with E-state index in [2.05, 4.69) is 20.5 Å². The molecule has 0 aliphatic carbocycles. The lowest BCUT2D eigenvalue weighted by atomic mass is 10.2. The number of halogens is 2. The summed E-state index contributed by atoms with van der Waals surface area (Å²) < 4.78 is 5.06. The van der Waals surface area contributed by atoms with Gasteiger partial charge in [0.1, 0.15) is 0 Å². The Hall–Kier alpha value is -1.79. The van der Waals surface area contributed by atoms with Crippen LogP contribution in [0.15, 0.2) is 18.2 Å². The highest BCUT2D eigenvalue weighted by molar-refractivity contribution is 6.40. The first kappa shape index (κ1) is 13.6. The normalized spacial score (nSPS) is 10.3. The first-order valence-corrected chi connectivity index (χ1v) is 6.18. The molecule has 0 unspecified atom stereocenters. The van der Waals surface area contributed by atoms with E-state index in [1.54, 1.807) is 25.1 Å². The number of nitrogens with one attached hydrogen (secondary N) is 2. The first-order valence-electron chi connectivity index (χ1n) is 5.42. The van der Waals surface area contributed by atoms with Crippen molar-refractivity contribution < 1.29 is 9.53 Å². The van der Waals surface area contributed by atoms with Crippen molar-refractivity contribution in [1.82, 2.24) is 15.2 Å². The van der Waals surface area contributed by atoms with E-state index in [4.69, 9.17) is 27.9 Å². The molecule has 0 saturated heterocycles. The second-order valence-corrected chi connectivity index (χ2v) is 4.26. The monoisotopic (exact) mass is 300 g/mol. The Kier molecular flexibility index (Phi) is 4.24. The van der Waals surface area contributed by atoms with Gasteiger partial charge in [0.25, 0.3) is 5.91 Å². The van der Waals surface area contributed by atoms with Crippen LogP contribution in [0.4, 0.5) is 5.95 Å². The van der Waals surface area contributed by atoms with Crippen LogP contribution in [0.3, 0.4) is 0 Å². The number of hydrogen-bond donors (Lipinski definition) is 2. The minimum absolute atomic E-state index is 0.156. The van der Waals surface area contributed by atoms with E-state index in [0.29, 0.717) is 6.61 Å². The predicted octanol–water partition coefficient (Wildman–Crippen LogP) is 2.76. The zero-order chi connectivity index (χ0) is 13.8. The number of amides is 1.